The first kappa shape index (κ1) is 11.2. The zero-order chi connectivity index (χ0) is 9.23. The molecule has 1 rings (SSSR count). The summed E-state index contributed by atoms with van der Waals surface area (Å²) in [6.45, 7) is 2.96. The fourth-order valence-electron chi connectivity index (χ4n) is 0.916. The van der Waals surface area contributed by atoms with E-state index in [-0.39, 0.29) is 0 Å². The largest absolute Gasteiger partial charge is 0.494 e. The number of allylic oxidation sites excluding steroid dienone is 3. The smallest absolute Gasteiger partial charge is 0.114 e. The molecule has 0 spiro atoms. The molecule has 0 bridgehead atoms. The first-order valence-electron chi connectivity index (χ1n) is 4.31. The normalized spacial score (nSPS) is 14.4. The van der Waals surface area contributed by atoms with Gasteiger partial charge in [0.05, 0.1) is 13.8 Å². The summed E-state index contributed by atoms with van der Waals surface area (Å²) < 4.78 is 14.9. The number of ether oxygens (including phenoxy) is 1. The zero-order valence-electron chi connectivity index (χ0n) is 7.85. The van der Waals surface area contributed by atoms with Crippen LogP contribution in [0.5, 0.6) is 0 Å². The molecule has 2 heteroatoms. The maximum atomic E-state index is 9.50. The van der Waals surface area contributed by atoms with E-state index < -0.39 is 0 Å². The van der Waals surface area contributed by atoms with E-state index in [2.05, 4.69) is 25.2 Å². The molecule has 1 nitrogen and oxygen atoms in total. The van der Waals surface area contributed by atoms with E-state index in [1.54, 1.807) is 0 Å². The Bertz CT molecular complexity index is 150. The SMILES string of the molecule is CCCOC1=CCCC=C1.CF. The lowest BCUT2D eigenvalue weighted by molar-refractivity contribution is 0.222. The third-order valence-electron chi connectivity index (χ3n) is 1.43. The molecule has 0 saturated carbocycles. The average molecular weight is 172 g/mol. The van der Waals surface area contributed by atoms with Crippen LogP contribution in [0.25, 0.3) is 0 Å². The first-order valence-corrected chi connectivity index (χ1v) is 4.31. The fraction of sp³-hybridized carbons (Fsp3) is 0.600. The Balaban J connectivity index is 0.000000561. The molecule has 0 amide bonds. The first-order chi connectivity index (χ1) is 5.93. The Hall–Kier alpha value is -0.790. The summed E-state index contributed by atoms with van der Waals surface area (Å²) in [6, 6.07) is 0. The van der Waals surface area contributed by atoms with Crippen LogP contribution in [-0.4, -0.2) is 13.8 Å². The van der Waals surface area contributed by atoms with Crippen molar-refractivity contribution in [3.63, 3.8) is 0 Å². The van der Waals surface area contributed by atoms with Crippen molar-refractivity contribution in [1.29, 1.82) is 0 Å². The summed E-state index contributed by atoms with van der Waals surface area (Å²) in [5.74, 6) is 1.05. The molecular formula is C10H17FO. The Kier molecular flexibility index (Phi) is 7.76. The molecule has 0 aliphatic heterocycles. The highest BCUT2D eigenvalue weighted by Gasteiger charge is 1.95. The van der Waals surface area contributed by atoms with E-state index in [4.69, 9.17) is 4.74 Å². The summed E-state index contributed by atoms with van der Waals surface area (Å²) in [4.78, 5) is 0. The Labute approximate surface area is 73.9 Å². The van der Waals surface area contributed by atoms with Crippen LogP contribution in [0.15, 0.2) is 24.0 Å². The van der Waals surface area contributed by atoms with Crippen LogP contribution in [0.4, 0.5) is 4.39 Å². The summed E-state index contributed by atoms with van der Waals surface area (Å²) in [7, 11) is 0.500. The van der Waals surface area contributed by atoms with E-state index >= 15 is 0 Å². The molecule has 0 saturated heterocycles. The molecule has 1 aliphatic carbocycles. The van der Waals surface area contributed by atoms with E-state index in [9.17, 15) is 4.39 Å². The number of alkyl halides is 1. The van der Waals surface area contributed by atoms with Crippen LogP contribution in [-0.2, 0) is 4.74 Å². The van der Waals surface area contributed by atoms with Crippen molar-refractivity contribution < 1.29 is 9.13 Å². The van der Waals surface area contributed by atoms with Crippen LogP contribution >= 0.6 is 0 Å². The van der Waals surface area contributed by atoms with E-state index in [0.717, 1.165) is 25.2 Å². The van der Waals surface area contributed by atoms with E-state index in [0.29, 0.717) is 7.18 Å². The quantitative estimate of drug-likeness (QED) is 0.635. The minimum atomic E-state index is 0.500. The molecule has 0 aromatic heterocycles. The third kappa shape index (κ3) is 4.94. The van der Waals surface area contributed by atoms with Gasteiger partial charge in [-0.3, -0.25) is 4.39 Å². The highest BCUT2D eigenvalue weighted by Crippen LogP contribution is 2.10. The topological polar surface area (TPSA) is 9.23 Å². The second-order valence-corrected chi connectivity index (χ2v) is 2.43. The third-order valence-corrected chi connectivity index (χ3v) is 1.43. The van der Waals surface area contributed by atoms with Crippen LogP contribution in [0.2, 0.25) is 0 Å². The monoisotopic (exact) mass is 172 g/mol. The zero-order valence-corrected chi connectivity index (χ0v) is 7.85. The fourth-order valence-corrected chi connectivity index (χ4v) is 0.916. The Morgan fingerprint density at radius 2 is 2.17 bits per heavy atom. The van der Waals surface area contributed by atoms with Crippen molar-refractivity contribution in [2.24, 2.45) is 0 Å². The second kappa shape index (κ2) is 8.31. The molecule has 0 atom stereocenters. The molecule has 0 radical (unpaired) electrons. The molecule has 0 fully saturated rings. The second-order valence-electron chi connectivity index (χ2n) is 2.43. The highest BCUT2D eigenvalue weighted by atomic mass is 19.1. The minimum Gasteiger partial charge on any atom is -0.494 e. The van der Waals surface area contributed by atoms with Crippen LogP contribution in [0, 0.1) is 0 Å². The van der Waals surface area contributed by atoms with Gasteiger partial charge < -0.3 is 4.74 Å². The van der Waals surface area contributed by atoms with Gasteiger partial charge in [0, 0.05) is 0 Å². The molecule has 70 valence electrons. The predicted molar refractivity (Wildman–Crippen MR) is 49.7 cm³/mol. The number of rotatable bonds is 3. The molecular weight excluding hydrogens is 155 g/mol. The van der Waals surface area contributed by atoms with Gasteiger partial charge in [0.1, 0.15) is 5.76 Å². The maximum absolute atomic E-state index is 9.50. The van der Waals surface area contributed by atoms with Gasteiger partial charge in [0.2, 0.25) is 0 Å². The molecule has 1 aliphatic rings. The van der Waals surface area contributed by atoms with Crippen LogP contribution in [0.3, 0.4) is 0 Å². The Morgan fingerprint density at radius 1 is 1.42 bits per heavy atom. The summed E-state index contributed by atoms with van der Waals surface area (Å²) >= 11 is 0. The molecule has 0 aromatic carbocycles. The van der Waals surface area contributed by atoms with Gasteiger partial charge >= 0.3 is 0 Å². The standard InChI is InChI=1S/C9H14O.CH3F/c1-2-8-10-9-6-4-3-5-7-9;1-2/h4,6-7H,2-3,5,8H2,1H3;1H3. The summed E-state index contributed by atoms with van der Waals surface area (Å²) in [5.41, 5.74) is 0. The predicted octanol–water partition coefficient (Wildman–Crippen LogP) is 3.23. The van der Waals surface area contributed by atoms with Gasteiger partial charge in [-0.15, -0.1) is 0 Å². The van der Waals surface area contributed by atoms with Crippen molar-refractivity contribution >= 4 is 0 Å². The van der Waals surface area contributed by atoms with E-state index in [1.165, 1.54) is 6.42 Å². The summed E-state index contributed by atoms with van der Waals surface area (Å²) in [6.07, 6.45) is 9.75. The number of halogens is 1. The van der Waals surface area contributed by atoms with Crippen molar-refractivity contribution in [3.05, 3.63) is 24.0 Å². The van der Waals surface area contributed by atoms with Gasteiger partial charge in [0.15, 0.2) is 0 Å². The van der Waals surface area contributed by atoms with Crippen molar-refractivity contribution in [1.82, 2.24) is 0 Å². The average Bonchev–Trinajstić information content (AvgIpc) is 2.19. The van der Waals surface area contributed by atoms with E-state index in [1.807, 2.05) is 0 Å². The van der Waals surface area contributed by atoms with Crippen molar-refractivity contribution in [2.45, 2.75) is 26.2 Å². The highest BCUT2D eigenvalue weighted by molar-refractivity contribution is 5.15. The minimum absolute atomic E-state index is 0.500. The lowest BCUT2D eigenvalue weighted by Gasteiger charge is -2.07. The number of hydrogen-bond donors (Lipinski definition) is 0. The van der Waals surface area contributed by atoms with Gasteiger partial charge in [-0.2, -0.15) is 0 Å². The molecule has 0 heterocycles. The lowest BCUT2D eigenvalue weighted by atomic mass is 10.2. The molecule has 0 unspecified atom stereocenters. The molecule has 0 N–H and O–H groups in total. The summed E-state index contributed by atoms with van der Waals surface area (Å²) in [5, 5.41) is 0. The maximum Gasteiger partial charge on any atom is 0.114 e. The number of hydrogen-bond acceptors (Lipinski definition) is 1. The van der Waals surface area contributed by atoms with Crippen molar-refractivity contribution in [3.8, 4) is 0 Å². The Morgan fingerprint density at radius 3 is 2.67 bits per heavy atom. The van der Waals surface area contributed by atoms with Gasteiger partial charge in [-0.1, -0.05) is 13.0 Å². The lowest BCUT2D eigenvalue weighted by Crippen LogP contribution is -1.93. The van der Waals surface area contributed by atoms with Gasteiger partial charge in [-0.25, -0.2) is 0 Å². The van der Waals surface area contributed by atoms with Crippen LogP contribution in [0.1, 0.15) is 26.2 Å². The van der Waals surface area contributed by atoms with Gasteiger partial charge in [-0.05, 0) is 31.4 Å². The van der Waals surface area contributed by atoms with Gasteiger partial charge in [0.25, 0.3) is 0 Å². The van der Waals surface area contributed by atoms with Crippen LogP contribution < -0.4 is 0 Å². The molecule has 0 aromatic rings. The molecule has 12 heavy (non-hydrogen) atoms. The van der Waals surface area contributed by atoms with Crippen molar-refractivity contribution in [2.75, 3.05) is 13.8 Å².